The zero-order valence-electron chi connectivity index (χ0n) is 9.70. The Bertz CT molecular complexity index is 396. The molecule has 0 saturated carbocycles. The summed E-state index contributed by atoms with van der Waals surface area (Å²) >= 11 is 0. The van der Waals surface area contributed by atoms with Crippen LogP contribution in [-0.4, -0.2) is 65.4 Å². The van der Waals surface area contributed by atoms with E-state index in [0.717, 1.165) is 25.7 Å². The third kappa shape index (κ3) is 2.01. The number of sulfone groups is 1. The molecule has 3 fully saturated rings. The van der Waals surface area contributed by atoms with Crippen LogP contribution in [0, 0.1) is 0 Å². The summed E-state index contributed by atoms with van der Waals surface area (Å²) in [6.07, 6.45) is 2.48. The molecular formula is C11H19NO4S. The van der Waals surface area contributed by atoms with Crippen LogP contribution < -0.4 is 0 Å². The Balaban J connectivity index is 1.82. The fraction of sp³-hybridized carbons (Fsp3) is 1.00. The number of piperidine rings is 1. The fourth-order valence-electron chi connectivity index (χ4n) is 3.82. The first-order valence-electron chi connectivity index (χ1n) is 6.30. The lowest BCUT2D eigenvalue weighted by Crippen LogP contribution is -2.54. The lowest BCUT2D eigenvalue weighted by atomic mass is 9.97. The minimum Gasteiger partial charge on any atom is -0.393 e. The zero-order valence-corrected chi connectivity index (χ0v) is 10.5. The van der Waals surface area contributed by atoms with Crippen LogP contribution in [0.5, 0.6) is 0 Å². The molecule has 3 rings (SSSR count). The number of rotatable bonds is 1. The van der Waals surface area contributed by atoms with Crippen molar-refractivity contribution in [1.82, 2.24) is 4.90 Å². The van der Waals surface area contributed by atoms with Crippen molar-refractivity contribution < 1.29 is 18.6 Å². The summed E-state index contributed by atoms with van der Waals surface area (Å²) < 4.78 is 23.1. The number of aliphatic hydroxyl groups is 2. The molecule has 3 aliphatic heterocycles. The largest absolute Gasteiger partial charge is 0.393 e. The van der Waals surface area contributed by atoms with Gasteiger partial charge in [-0.2, -0.15) is 0 Å². The molecule has 2 N–H and O–H groups in total. The topological polar surface area (TPSA) is 77.8 Å². The summed E-state index contributed by atoms with van der Waals surface area (Å²) in [7, 11) is -3.08. The van der Waals surface area contributed by atoms with Crippen molar-refractivity contribution in [1.29, 1.82) is 0 Å². The highest BCUT2D eigenvalue weighted by atomic mass is 32.2. The maximum Gasteiger partial charge on any atom is 0.154 e. The van der Waals surface area contributed by atoms with Crippen molar-refractivity contribution in [3.05, 3.63) is 0 Å². The number of fused-ring (bicyclic) bond motifs is 2. The van der Waals surface area contributed by atoms with Gasteiger partial charge in [-0.1, -0.05) is 0 Å². The highest BCUT2D eigenvalue weighted by molar-refractivity contribution is 7.91. The standard InChI is InChI=1S/C11H19NO4S/c13-9-3-7-1-2-8(4-9)12(7)10-5-17(15,16)6-11(10)14/h7-11,13-14H,1-6H2/t7?,8?,9?,10-,11-/m1/s1. The summed E-state index contributed by atoms with van der Waals surface area (Å²) in [5, 5.41) is 19.6. The molecule has 2 bridgehead atoms. The summed E-state index contributed by atoms with van der Waals surface area (Å²) in [5.74, 6) is -0.0204. The zero-order chi connectivity index (χ0) is 12.2. The Morgan fingerprint density at radius 1 is 1.00 bits per heavy atom. The number of nitrogens with zero attached hydrogens (tertiary/aromatic N) is 1. The highest BCUT2D eigenvalue weighted by Crippen LogP contribution is 2.39. The second-order valence-electron chi connectivity index (χ2n) is 5.67. The molecule has 0 aromatic carbocycles. The molecule has 6 heteroatoms. The summed E-state index contributed by atoms with van der Waals surface area (Å²) in [5.41, 5.74) is 0. The van der Waals surface area contributed by atoms with Crippen molar-refractivity contribution in [3.8, 4) is 0 Å². The number of hydrogen-bond acceptors (Lipinski definition) is 5. The first-order chi connectivity index (χ1) is 7.96. The molecule has 17 heavy (non-hydrogen) atoms. The Hall–Kier alpha value is -0.170. The molecule has 0 aromatic rings. The minimum absolute atomic E-state index is 0.0806. The minimum atomic E-state index is -3.08. The molecule has 98 valence electrons. The molecule has 0 aliphatic carbocycles. The van der Waals surface area contributed by atoms with E-state index in [0.29, 0.717) is 0 Å². The molecule has 4 atom stereocenters. The van der Waals surface area contributed by atoms with Gasteiger partial charge in [-0.3, -0.25) is 4.90 Å². The van der Waals surface area contributed by atoms with Gasteiger partial charge in [-0.05, 0) is 25.7 Å². The van der Waals surface area contributed by atoms with E-state index in [1.165, 1.54) is 0 Å². The fourth-order valence-corrected chi connectivity index (χ4v) is 5.61. The molecule has 0 amide bonds. The lowest BCUT2D eigenvalue weighted by Gasteiger charge is -2.41. The molecule has 0 radical (unpaired) electrons. The van der Waals surface area contributed by atoms with E-state index in [1.807, 2.05) is 0 Å². The molecule has 2 unspecified atom stereocenters. The Kier molecular flexibility index (Phi) is 2.74. The average molecular weight is 261 g/mol. The molecule has 3 aliphatic rings. The van der Waals surface area contributed by atoms with Crippen LogP contribution in [0.25, 0.3) is 0 Å². The van der Waals surface area contributed by atoms with E-state index in [-0.39, 0.29) is 35.7 Å². The Labute approximate surface area is 101 Å². The SMILES string of the molecule is O=S1(=O)C[C@@H](O)[C@H](N2C3CCC2CC(O)C3)C1. The lowest BCUT2D eigenvalue weighted by molar-refractivity contribution is -0.0151. The van der Waals surface area contributed by atoms with Gasteiger partial charge in [0.15, 0.2) is 9.84 Å². The molecule has 5 nitrogen and oxygen atoms in total. The Morgan fingerprint density at radius 2 is 1.59 bits per heavy atom. The molecule has 3 saturated heterocycles. The van der Waals surface area contributed by atoms with E-state index in [9.17, 15) is 18.6 Å². The quantitative estimate of drug-likeness (QED) is 0.642. The number of hydrogen-bond donors (Lipinski definition) is 2. The van der Waals surface area contributed by atoms with Crippen molar-refractivity contribution >= 4 is 9.84 Å². The van der Waals surface area contributed by atoms with Crippen LogP contribution in [-0.2, 0) is 9.84 Å². The highest BCUT2D eigenvalue weighted by Gasteiger charge is 2.49. The van der Waals surface area contributed by atoms with E-state index >= 15 is 0 Å². The van der Waals surface area contributed by atoms with Gasteiger partial charge in [0.2, 0.25) is 0 Å². The van der Waals surface area contributed by atoms with Crippen LogP contribution in [0.2, 0.25) is 0 Å². The van der Waals surface area contributed by atoms with Gasteiger partial charge in [0.1, 0.15) is 0 Å². The third-order valence-corrected chi connectivity index (χ3v) is 6.14. The average Bonchev–Trinajstić information content (AvgIpc) is 2.61. The molecule has 0 aromatic heterocycles. The van der Waals surface area contributed by atoms with Gasteiger partial charge in [-0.15, -0.1) is 0 Å². The normalized spacial score (nSPS) is 49.6. The first-order valence-corrected chi connectivity index (χ1v) is 8.12. The van der Waals surface area contributed by atoms with Gasteiger partial charge in [0.25, 0.3) is 0 Å². The molecule has 0 spiro atoms. The van der Waals surface area contributed by atoms with Gasteiger partial charge >= 0.3 is 0 Å². The van der Waals surface area contributed by atoms with Gasteiger partial charge in [0, 0.05) is 12.1 Å². The van der Waals surface area contributed by atoms with Crippen molar-refractivity contribution in [2.24, 2.45) is 0 Å². The van der Waals surface area contributed by atoms with Gasteiger partial charge < -0.3 is 10.2 Å². The first kappa shape index (κ1) is 11.9. The predicted octanol–water partition coefficient (Wildman–Crippen LogP) is -0.868. The van der Waals surface area contributed by atoms with E-state index in [2.05, 4.69) is 4.90 Å². The smallest absolute Gasteiger partial charge is 0.154 e. The van der Waals surface area contributed by atoms with Crippen molar-refractivity contribution in [3.63, 3.8) is 0 Å². The van der Waals surface area contributed by atoms with Crippen LogP contribution in [0.4, 0.5) is 0 Å². The van der Waals surface area contributed by atoms with Crippen LogP contribution in [0.15, 0.2) is 0 Å². The summed E-state index contributed by atoms with van der Waals surface area (Å²) in [4.78, 5) is 2.18. The van der Waals surface area contributed by atoms with Crippen molar-refractivity contribution in [2.45, 2.75) is 56.0 Å². The van der Waals surface area contributed by atoms with Crippen molar-refractivity contribution in [2.75, 3.05) is 11.5 Å². The second-order valence-corrected chi connectivity index (χ2v) is 7.82. The van der Waals surface area contributed by atoms with E-state index in [1.54, 1.807) is 0 Å². The maximum atomic E-state index is 11.6. The monoisotopic (exact) mass is 261 g/mol. The predicted molar refractivity (Wildman–Crippen MR) is 62.3 cm³/mol. The number of aliphatic hydroxyl groups excluding tert-OH is 2. The van der Waals surface area contributed by atoms with E-state index < -0.39 is 15.9 Å². The maximum absolute atomic E-state index is 11.6. The van der Waals surface area contributed by atoms with Gasteiger partial charge in [-0.25, -0.2) is 8.42 Å². The molecular weight excluding hydrogens is 242 g/mol. The summed E-state index contributed by atoms with van der Waals surface area (Å²) in [6, 6.07) is 0.276. The Morgan fingerprint density at radius 3 is 2.06 bits per heavy atom. The summed E-state index contributed by atoms with van der Waals surface area (Å²) in [6.45, 7) is 0. The van der Waals surface area contributed by atoms with Crippen LogP contribution in [0.1, 0.15) is 25.7 Å². The van der Waals surface area contributed by atoms with Crippen LogP contribution >= 0.6 is 0 Å². The second kappa shape index (κ2) is 3.91. The van der Waals surface area contributed by atoms with E-state index in [4.69, 9.17) is 0 Å². The van der Waals surface area contributed by atoms with Gasteiger partial charge in [0.05, 0.1) is 29.8 Å². The third-order valence-electron chi connectivity index (χ3n) is 4.44. The van der Waals surface area contributed by atoms with Crippen LogP contribution in [0.3, 0.4) is 0 Å². The molecule has 3 heterocycles.